The van der Waals surface area contributed by atoms with Crippen molar-refractivity contribution >= 4 is 5.69 Å². The fraction of sp³-hybridized carbons (Fsp3) is 0.625. The highest BCUT2D eigenvalue weighted by Crippen LogP contribution is 2.29. The largest absolute Gasteiger partial charge is 0.490 e. The number of hydrogen-bond donors (Lipinski definition) is 0. The first-order chi connectivity index (χ1) is 10.1. The zero-order valence-corrected chi connectivity index (χ0v) is 12.9. The summed E-state index contributed by atoms with van der Waals surface area (Å²) in [5.74, 6) is 0.320. The summed E-state index contributed by atoms with van der Waals surface area (Å²) in [5.41, 5.74) is 1.01. The lowest BCUT2D eigenvalue weighted by Crippen LogP contribution is -2.30. The molecule has 0 N–H and O–H groups in total. The molecule has 0 aliphatic heterocycles. The SMILES string of the molecule is COc1ccc(CN(C)C2CCCCCC2)cc1[N+](=O)[O-]. The summed E-state index contributed by atoms with van der Waals surface area (Å²) < 4.78 is 5.04. The Hall–Kier alpha value is -1.62. The van der Waals surface area contributed by atoms with Crippen molar-refractivity contribution in [3.05, 3.63) is 33.9 Å². The summed E-state index contributed by atoms with van der Waals surface area (Å²) in [6.45, 7) is 0.746. The Labute approximate surface area is 126 Å². The van der Waals surface area contributed by atoms with Crippen LogP contribution in [0, 0.1) is 10.1 Å². The Morgan fingerprint density at radius 3 is 2.52 bits per heavy atom. The van der Waals surface area contributed by atoms with E-state index >= 15 is 0 Å². The molecule has 0 radical (unpaired) electrons. The molecule has 0 atom stereocenters. The molecule has 1 aliphatic rings. The number of nitrogens with zero attached hydrogens (tertiary/aromatic N) is 2. The van der Waals surface area contributed by atoms with Crippen molar-refractivity contribution in [3.63, 3.8) is 0 Å². The molecule has 1 aromatic carbocycles. The predicted octanol–water partition coefficient (Wildman–Crippen LogP) is 3.76. The molecular formula is C16H24N2O3. The van der Waals surface area contributed by atoms with E-state index in [0.29, 0.717) is 11.8 Å². The standard InChI is InChI=1S/C16H24N2O3/c1-17(14-7-5-3-4-6-8-14)12-13-9-10-16(21-2)15(11-13)18(19)20/h9-11,14H,3-8,12H2,1-2H3. The number of methoxy groups -OCH3 is 1. The third-order valence-corrected chi connectivity index (χ3v) is 4.32. The fourth-order valence-electron chi connectivity index (χ4n) is 3.09. The Morgan fingerprint density at radius 1 is 1.29 bits per heavy atom. The van der Waals surface area contributed by atoms with Crippen LogP contribution >= 0.6 is 0 Å². The summed E-state index contributed by atoms with van der Waals surface area (Å²) in [5, 5.41) is 11.1. The zero-order valence-electron chi connectivity index (χ0n) is 12.9. The van der Waals surface area contributed by atoms with Crippen LogP contribution in [-0.4, -0.2) is 30.0 Å². The molecule has 21 heavy (non-hydrogen) atoms. The van der Waals surface area contributed by atoms with Crippen molar-refractivity contribution in [2.75, 3.05) is 14.2 Å². The molecule has 0 bridgehead atoms. The first-order valence-corrected chi connectivity index (χ1v) is 7.63. The molecule has 0 amide bonds. The molecule has 5 nitrogen and oxygen atoms in total. The van der Waals surface area contributed by atoms with Gasteiger partial charge in [0.1, 0.15) is 0 Å². The van der Waals surface area contributed by atoms with Gasteiger partial charge in [0.15, 0.2) is 5.75 Å². The number of nitro benzene ring substituents is 1. The van der Waals surface area contributed by atoms with Gasteiger partial charge in [0.2, 0.25) is 0 Å². The van der Waals surface area contributed by atoms with Gasteiger partial charge in [0.05, 0.1) is 12.0 Å². The molecule has 0 spiro atoms. The smallest absolute Gasteiger partial charge is 0.311 e. The normalized spacial score (nSPS) is 16.7. The van der Waals surface area contributed by atoms with E-state index in [4.69, 9.17) is 4.74 Å². The second-order valence-corrected chi connectivity index (χ2v) is 5.82. The van der Waals surface area contributed by atoms with Gasteiger partial charge in [-0.15, -0.1) is 0 Å². The van der Waals surface area contributed by atoms with Crippen molar-refractivity contribution in [1.82, 2.24) is 4.90 Å². The van der Waals surface area contributed by atoms with Crippen LogP contribution in [0.4, 0.5) is 5.69 Å². The Kier molecular flexibility index (Phi) is 5.56. The lowest BCUT2D eigenvalue weighted by molar-refractivity contribution is -0.385. The Balaban J connectivity index is 2.07. The van der Waals surface area contributed by atoms with Gasteiger partial charge in [-0.2, -0.15) is 0 Å². The van der Waals surface area contributed by atoms with E-state index in [9.17, 15) is 10.1 Å². The number of hydrogen-bond acceptors (Lipinski definition) is 4. The average molecular weight is 292 g/mol. The van der Waals surface area contributed by atoms with Gasteiger partial charge >= 0.3 is 5.69 Å². The van der Waals surface area contributed by atoms with E-state index in [-0.39, 0.29) is 10.6 Å². The van der Waals surface area contributed by atoms with Gasteiger partial charge < -0.3 is 4.74 Å². The maximum atomic E-state index is 11.1. The summed E-state index contributed by atoms with van der Waals surface area (Å²) in [6.07, 6.45) is 7.70. The van der Waals surface area contributed by atoms with E-state index in [0.717, 1.165) is 12.1 Å². The lowest BCUT2D eigenvalue weighted by Gasteiger charge is -2.27. The van der Waals surface area contributed by atoms with Crippen LogP contribution in [-0.2, 0) is 6.54 Å². The van der Waals surface area contributed by atoms with Crippen LogP contribution in [0.5, 0.6) is 5.75 Å². The van der Waals surface area contributed by atoms with Crippen molar-refractivity contribution in [2.45, 2.75) is 51.1 Å². The second kappa shape index (κ2) is 7.41. The van der Waals surface area contributed by atoms with E-state index < -0.39 is 0 Å². The maximum Gasteiger partial charge on any atom is 0.311 e. The third kappa shape index (κ3) is 4.17. The van der Waals surface area contributed by atoms with Crippen LogP contribution < -0.4 is 4.74 Å². The van der Waals surface area contributed by atoms with Gasteiger partial charge in [-0.05, 0) is 31.5 Å². The third-order valence-electron chi connectivity index (χ3n) is 4.32. The van der Waals surface area contributed by atoms with Crippen molar-refractivity contribution in [2.24, 2.45) is 0 Å². The minimum atomic E-state index is -0.381. The van der Waals surface area contributed by atoms with E-state index in [1.165, 1.54) is 45.6 Å². The first-order valence-electron chi connectivity index (χ1n) is 7.63. The number of benzene rings is 1. The zero-order chi connectivity index (χ0) is 15.2. The fourth-order valence-corrected chi connectivity index (χ4v) is 3.09. The molecule has 0 saturated heterocycles. The highest BCUT2D eigenvalue weighted by molar-refractivity contribution is 5.48. The molecule has 5 heteroatoms. The molecule has 1 saturated carbocycles. The topological polar surface area (TPSA) is 55.6 Å². The molecular weight excluding hydrogens is 268 g/mol. The Bertz CT molecular complexity index is 482. The number of rotatable bonds is 5. The molecule has 0 aromatic heterocycles. The summed E-state index contributed by atoms with van der Waals surface area (Å²) in [7, 11) is 3.58. The van der Waals surface area contributed by atoms with Crippen LogP contribution in [0.3, 0.4) is 0 Å². The number of nitro groups is 1. The van der Waals surface area contributed by atoms with Crippen LogP contribution in [0.25, 0.3) is 0 Å². The van der Waals surface area contributed by atoms with Gasteiger partial charge in [0, 0.05) is 18.7 Å². The summed E-state index contributed by atoms with van der Waals surface area (Å²) >= 11 is 0. The lowest BCUT2D eigenvalue weighted by atomic mass is 10.1. The first kappa shape index (κ1) is 15.8. The molecule has 1 aliphatic carbocycles. The molecule has 2 rings (SSSR count). The van der Waals surface area contributed by atoms with Crippen LogP contribution in [0.2, 0.25) is 0 Å². The van der Waals surface area contributed by atoms with E-state index in [2.05, 4.69) is 11.9 Å². The molecule has 1 aromatic rings. The molecule has 0 heterocycles. The number of ether oxygens (including phenoxy) is 1. The van der Waals surface area contributed by atoms with Crippen molar-refractivity contribution in [3.8, 4) is 5.75 Å². The quantitative estimate of drug-likeness (QED) is 0.471. The van der Waals surface area contributed by atoms with Crippen LogP contribution in [0.15, 0.2) is 18.2 Å². The second-order valence-electron chi connectivity index (χ2n) is 5.82. The van der Waals surface area contributed by atoms with Crippen molar-refractivity contribution in [1.29, 1.82) is 0 Å². The summed E-state index contributed by atoms with van der Waals surface area (Å²) in [4.78, 5) is 13.0. The molecule has 116 valence electrons. The van der Waals surface area contributed by atoms with Gasteiger partial charge in [-0.3, -0.25) is 15.0 Å². The van der Waals surface area contributed by atoms with Gasteiger partial charge in [-0.25, -0.2) is 0 Å². The van der Waals surface area contributed by atoms with Crippen LogP contribution in [0.1, 0.15) is 44.1 Å². The Morgan fingerprint density at radius 2 is 1.95 bits per heavy atom. The van der Waals surface area contributed by atoms with Gasteiger partial charge in [-0.1, -0.05) is 31.7 Å². The minimum Gasteiger partial charge on any atom is -0.490 e. The van der Waals surface area contributed by atoms with Crippen molar-refractivity contribution < 1.29 is 9.66 Å². The van der Waals surface area contributed by atoms with Gasteiger partial charge in [0.25, 0.3) is 0 Å². The summed E-state index contributed by atoms with van der Waals surface area (Å²) in [6, 6.07) is 5.83. The highest BCUT2D eigenvalue weighted by atomic mass is 16.6. The molecule has 0 unspecified atom stereocenters. The maximum absolute atomic E-state index is 11.1. The predicted molar refractivity (Wildman–Crippen MR) is 82.6 cm³/mol. The average Bonchev–Trinajstić information content (AvgIpc) is 2.76. The van der Waals surface area contributed by atoms with E-state index in [1.54, 1.807) is 12.1 Å². The van der Waals surface area contributed by atoms with E-state index in [1.807, 2.05) is 6.07 Å². The minimum absolute atomic E-state index is 0.0456. The molecule has 1 fully saturated rings. The monoisotopic (exact) mass is 292 g/mol. The highest BCUT2D eigenvalue weighted by Gasteiger charge is 2.19.